The van der Waals surface area contributed by atoms with E-state index in [1.54, 1.807) is 0 Å². The molecule has 2 N–H and O–H groups in total. The first kappa shape index (κ1) is 20.8. The summed E-state index contributed by atoms with van der Waals surface area (Å²) in [4.78, 5) is 36.0. The maximum Gasteiger partial charge on any atom is 0.338 e. The molecule has 0 spiro atoms. The second-order valence-corrected chi connectivity index (χ2v) is 7.20. The molecule has 0 amide bonds. The summed E-state index contributed by atoms with van der Waals surface area (Å²) >= 11 is 0. The smallest absolute Gasteiger partial charge is 0.338 e. The van der Waals surface area contributed by atoms with E-state index in [2.05, 4.69) is 0 Å². The number of aryl methyl sites for hydroxylation is 1. The minimum absolute atomic E-state index is 0.0556. The minimum Gasteiger partial charge on any atom is -0.454 e. The topological polar surface area (TPSA) is 117 Å². The third kappa shape index (κ3) is 3.69. The molecule has 0 atom stereocenters. The molecule has 0 bridgehead atoms. The Morgan fingerprint density at radius 2 is 1.72 bits per heavy atom. The first-order valence-corrected chi connectivity index (χ1v) is 9.75. The fourth-order valence-electron chi connectivity index (χ4n) is 3.72. The van der Waals surface area contributed by atoms with Crippen molar-refractivity contribution in [1.82, 2.24) is 4.57 Å². The third-order valence-corrected chi connectivity index (χ3v) is 5.23. The summed E-state index contributed by atoms with van der Waals surface area (Å²) in [7, 11) is 1.88. The number of hydrogen-bond donors (Lipinski definition) is 1. The Kier molecular flexibility index (Phi) is 5.43. The fourth-order valence-corrected chi connectivity index (χ4v) is 3.72. The number of esters is 1. The lowest BCUT2D eigenvalue weighted by Gasteiger charge is -2.09. The van der Waals surface area contributed by atoms with E-state index in [1.807, 2.05) is 66.2 Å². The molecule has 0 fully saturated rings. The van der Waals surface area contributed by atoms with Crippen LogP contribution in [-0.4, -0.2) is 27.8 Å². The molecule has 1 aromatic heterocycles. The van der Waals surface area contributed by atoms with E-state index in [0.29, 0.717) is 5.56 Å². The van der Waals surface area contributed by atoms with Gasteiger partial charge in [-0.2, -0.15) is 0 Å². The quantitative estimate of drug-likeness (QED) is 0.160. The number of carbonyl (C=O) groups is 2. The number of rotatable bonds is 6. The number of aromatic nitrogens is 1. The van der Waals surface area contributed by atoms with Crippen LogP contribution >= 0.6 is 0 Å². The van der Waals surface area contributed by atoms with Crippen LogP contribution in [0.3, 0.4) is 0 Å². The lowest BCUT2D eigenvalue weighted by atomic mass is 10.0. The average Bonchev–Trinajstić information content (AvgIpc) is 3.10. The number of nitro groups is 1. The number of fused-ring (bicyclic) bond motifs is 1. The third-order valence-electron chi connectivity index (χ3n) is 5.23. The molecule has 0 saturated carbocycles. The normalized spacial score (nSPS) is 10.8. The summed E-state index contributed by atoms with van der Waals surface area (Å²) in [6.07, 6.45) is 0. The van der Waals surface area contributed by atoms with Crippen LogP contribution in [-0.2, 0) is 11.8 Å². The van der Waals surface area contributed by atoms with Gasteiger partial charge in [0.05, 0.1) is 21.7 Å². The number of benzene rings is 3. The second-order valence-electron chi connectivity index (χ2n) is 7.20. The van der Waals surface area contributed by atoms with E-state index < -0.39 is 23.2 Å². The van der Waals surface area contributed by atoms with E-state index in [1.165, 1.54) is 12.1 Å². The molecule has 32 heavy (non-hydrogen) atoms. The molecular weight excluding hydrogens is 410 g/mol. The van der Waals surface area contributed by atoms with Crippen molar-refractivity contribution in [2.24, 2.45) is 7.05 Å². The molecular formula is C24H19N3O5. The Balaban J connectivity index is 1.66. The number of para-hydroxylation sites is 1. The van der Waals surface area contributed by atoms with Crippen molar-refractivity contribution in [2.45, 2.75) is 0 Å². The summed E-state index contributed by atoms with van der Waals surface area (Å²) in [6.45, 7) is -0.509. The van der Waals surface area contributed by atoms with E-state index in [0.717, 1.165) is 28.2 Å². The van der Waals surface area contributed by atoms with Crippen molar-refractivity contribution in [3.05, 3.63) is 94.0 Å². The van der Waals surface area contributed by atoms with Crippen LogP contribution in [0.2, 0.25) is 0 Å². The zero-order chi connectivity index (χ0) is 22.8. The number of anilines is 1. The Morgan fingerprint density at radius 3 is 2.44 bits per heavy atom. The summed E-state index contributed by atoms with van der Waals surface area (Å²) in [5.41, 5.74) is 7.94. The van der Waals surface area contributed by atoms with Gasteiger partial charge in [0, 0.05) is 24.0 Å². The number of nitrogens with two attached hydrogens (primary N) is 1. The molecule has 0 saturated heterocycles. The lowest BCUT2D eigenvalue weighted by molar-refractivity contribution is -0.383. The second kappa shape index (κ2) is 8.35. The monoisotopic (exact) mass is 429 g/mol. The van der Waals surface area contributed by atoms with Crippen LogP contribution in [0, 0.1) is 10.1 Å². The summed E-state index contributed by atoms with van der Waals surface area (Å²) in [5.74, 6) is -1.22. The van der Waals surface area contributed by atoms with Gasteiger partial charge in [-0.05, 0) is 23.8 Å². The van der Waals surface area contributed by atoms with Crippen LogP contribution in [0.15, 0.2) is 72.8 Å². The number of carbonyl (C=O) groups excluding carboxylic acids is 2. The van der Waals surface area contributed by atoms with Crippen molar-refractivity contribution in [1.29, 1.82) is 0 Å². The maximum atomic E-state index is 13.2. The number of nitro benzene ring substituents is 1. The van der Waals surface area contributed by atoms with Gasteiger partial charge in [-0.15, -0.1) is 0 Å². The highest BCUT2D eigenvalue weighted by atomic mass is 16.6. The summed E-state index contributed by atoms with van der Waals surface area (Å²) < 4.78 is 7.14. The number of ether oxygens (including phenoxy) is 1. The van der Waals surface area contributed by atoms with Crippen LogP contribution in [0.1, 0.15) is 20.7 Å². The molecule has 0 aliphatic carbocycles. The molecule has 0 unspecified atom stereocenters. The van der Waals surface area contributed by atoms with Crippen LogP contribution < -0.4 is 5.73 Å². The molecule has 3 aromatic carbocycles. The van der Waals surface area contributed by atoms with Gasteiger partial charge in [0.1, 0.15) is 5.69 Å². The molecule has 160 valence electrons. The molecule has 0 radical (unpaired) electrons. The average molecular weight is 429 g/mol. The highest BCUT2D eigenvalue weighted by Crippen LogP contribution is 2.33. The molecule has 8 nitrogen and oxygen atoms in total. The van der Waals surface area contributed by atoms with Crippen LogP contribution in [0.4, 0.5) is 11.4 Å². The van der Waals surface area contributed by atoms with Gasteiger partial charge < -0.3 is 15.0 Å². The number of hydrogen-bond acceptors (Lipinski definition) is 6. The van der Waals surface area contributed by atoms with E-state index in [9.17, 15) is 19.7 Å². The predicted octanol–water partition coefficient (Wildman–Crippen LogP) is 4.38. The Hall–Kier alpha value is -4.46. The van der Waals surface area contributed by atoms with E-state index in [4.69, 9.17) is 10.5 Å². The predicted molar refractivity (Wildman–Crippen MR) is 120 cm³/mol. The van der Waals surface area contributed by atoms with E-state index in [-0.39, 0.29) is 17.0 Å². The van der Waals surface area contributed by atoms with E-state index >= 15 is 0 Å². The standard InChI is InChI=1S/C24H19N3O5/c1-26-19-10-6-5-9-17(19)22(23(26)15-7-3-2-4-8-15)21(28)14-32-24(29)16-11-12-18(25)20(13-16)27(30)31/h2-13H,14,25H2,1H3. The zero-order valence-electron chi connectivity index (χ0n) is 17.1. The van der Waals surface area contributed by atoms with Gasteiger partial charge >= 0.3 is 5.97 Å². The van der Waals surface area contributed by atoms with Crippen molar-refractivity contribution >= 4 is 34.0 Å². The van der Waals surface area contributed by atoms with Crippen molar-refractivity contribution < 1.29 is 19.2 Å². The summed E-state index contributed by atoms with van der Waals surface area (Å²) in [6, 6.07) is 20.6. The Bertz CT molecular complexity index is 1360. The number of nitrogen functional groups attached to an aromatic ring is 1. The van der Waals surface area contributed by atoms with Gasteiger partial charge in [-0.1, -0.05) is 48.5 Å². The molecule has 8 heteroatoms. The zero-order valence-corrected chi connectivity index (χ0v) is 17.1. The SMILES string of the molecule is Cn1c(-c2ccccc2)c(C(=O)COC(=O)c2ccc(N)c([N+](=O)[O-])c2)c2ccccc21. The van der Waals surface area contributed by atoms with Gasteiger partial charge in [0.15, 0.2) is 6.61 Å². The van der Waals surface area contributed by atoms with Crippen LogP contribution in [0.25, 0.3) is 22.2 Å². The molecule has 1 heterocycles. The largest absolute Gasteiger partial charge is 0.454 e. The lowest BCUT2D eigenvalue weighted by Crippen LogP contribution is -2.15. The molecule has 0 aliphatic rings. The molecule has 4 aromatic rings. The van der Waals surface area contributed by atoms with Crippen molar-refractivity contribution in [2.75, 3.05) is 12.3 Å². The minimum atomic E-state index is -0.844. The van der Waals surface area contributed by atoms with Gasteiger partial charge in [0.2, 0.25) is 5.78 Å². The number of Topliss-reactive ketones (excluding diaryl/α,β-unsaturated/α-hetero) is 1. The fraction of sp³-hybridized carbons (Fsp3) is 0.0833. The Labute approximate surface area is 183 Å². The first-order valence-electron chi connectivity index (χ1n) is 9.75. The molecule has 4 rings (SSSR count). The Morgan fingerprint density at radius 1 is 1.03 bits per heavy atom. The number of nitrogens with zero attached hydrogens (tertiary/aromatic N) is 2. The first-order chi connectivity index (χ1) is 15.4. The van der Waals surface area contributed by atoms with Gasteiger partial charge in [-0.25, -0.2) is 4.79 Å². The highest BCUT2D eigenvalue weighted by molar-refractivity contribution is 6.14. The van der Waals surface area contributed by atoms with Crippen LogP contribution in [0.5, 0.6) is 0 Å². The van der Waals surface area contributed by atoms with Crippen molar-refractivity contribution in [3.63, 3.8) is 0 Å². The number of ketones is 1. The van der Waals surface area contributed by atoms with Gasteiger partial charge in [0.25, 0.3) is 5.69 Å². The van der Waals surface area contributed by atoms with Crippen molar-refractivity contribution in [3.8, 4) is 11.3 Å². The van der Waals surface area contributed by atoms with Gasteiger partial charge in [-0.3, -0.25) is 14.9 Å². The molecule has 0 aliphatic heterocycles. The summed E-state index contributed by atoms with van der Waals surface area (Å²) in [5, 5.41) is 11.8. The maximum absolute atomic E-state index is 13.2. The highest BCUT2D eigenvalue weighted by Gasteiger charge is 2.24.